The first-order valence-corrected chi connectivity index (χ1v) is 4.58. The quantitative estimate of drug-likeness (QED) is 0.644. The summed E-state index contributed by atoms with van der Waals surface area (Å²) in [7, 11) is 1.98. The molecule has 0 amide bonds. The molecule has 0 saturated carbocycles. The van der Waals surface area contributed by atoms with Gasteiger partial charge in [0.05, 0.1) is 6.42 Å². The van der Waals surface area contributed by atoms with E-state index in [0.29, 0.717) is 0 Å². The molecule has 76 valence electrons. The van der Waals surface area contributed by atoms with Crippen LogP contribution in [0.5, 0.6) is 0 Å². The zero-order valence-corrected chi connectivity index (χ0v) is 8.50. The van der Waals surface area contributed by atoms with E-state index in [1.807, 2.05) is 7.05 Å². The van der Waals surface area contributed by atoms with Crippen LogP contribution in [-0.4, -0.2) is 47.7 Å². The van der Waals surface area contributed by atoms with Gasteiger partial charge in [-0.15, -0.1) is 0 Å². The van der Waals surface area contributed by atoms with E-state index in [4.69, 9.17) is 5.11 Å². The Labute approximate surface area is 78.9 Å². The average molecular weight is 186 g/mol. The fourth-order valence-corrected chi connectivity index (χ4v) is 1.79. The molecular weight excluding hydrogens is 168 g/mol. The molecule has 1 unspecified atom stereocenters. The Balaban J connectivity index is 2.49. The summed E-state index contributed by atoms with van der Waals surface area (Å²) in [5.74, 6) is -0.724. The molecular formula is C9H18N2O2. The summed E-state index contributed by atoms with van der Waals surface area (Å²) in [6.45, 7) is 5.90. The molecule has 0 radical (unpaired) electrons. The van der Waals surface area contributed by atoms with Gasteiger partial charge >= 0.3 is 5.97 Å². The van der Waals surface area contributed by atoms with Gasteiger partial charge in [-0.05, 0) is 20.9 Å². The summed E-state index contributed by atoms with van der Waals surface area (Å²) >= 11 is 0. The lowest BCUT2D eigenvalue weighted by atomic mass is 9.98. The van der Waals surface area contributed by atoms with E-state index in [2.05, 4.69) is 24.1 Å². The van der Waals surface area contributed by atoms with E-state index in [9.17, 15) is 4.79 Å². The Bertz CT molecular complexity index is 204. The lowest BCUT2D eigenvalue weighted by molar-refractivity contribution is -0.138. The van der Waals surface area contributed by atoms with E-state index >= 15 is 0 Å². The minimum atomic E-state index is -0.724. The second-order valence-corrected chi connectivity index (χ2v) is 4.43. The number of rotatable bonds is 2. The lowest BCUT2D eigenvalue weighted by Gasteiger charge is -2.42. The maximum atomic E-state index is 10.5. The van der Waals surface area contributed by atoms with E-state index in [-0.39, 0.29) is 18.0 Å². The second-order valence-electron chi connectivity index (χ2n) is 4.43. The molecule has 1 aliphatic heterocycles. The minimum absolute atomic E-state index is 0.101. The summed E-state index contributed by atoms with van der Waals surface area (Å²) in [5.41, 5.74) is 0.101. The number of carboxylic acid groups (broad SMARTS) is 1. The van der Waals surface area contributed by atoms with Crippen LogP contribution in [0.25, 0.3) is 0 Å². The summed E-state index contributed by atoms with van der Waals surface area (Å²) in [6.07, 6.45) is 0.222. The Hall–Kier alpha value is -0.610. The molecule has 0 aliphatic carbocycles. The van der Waals surface area contributed by atoms with Crippen LogP contribution in [-0.2, 0) is 4.79 Å². The van der Waals surface area contributed by atoms with Crippen molar-refractivity contribution in [3.63, 3.8) is 0 Å². The van der Waals surface area contributed by atoms with Crippen molar-refractivity contribution >= 4 is 5.97 Å². The average Bonchev–Trinajstić information content (AvgIpc) is 1.93. The normalized spacial score (nSPS) is 28.7. The Morgan fingerprint density at radius 2 is 2.31 bits per heavy atom. The van der Waals surface area contributed by atoms with E-state index in [1.165, 1.54) is 0 Å². The van der Waals surface area contributed by atoms with Crippen molar-refractivity contribution in [2.75, 3.05) is 20.1 Å². The van der Waals surface area contributed by atoms with Crippen molar-refractivity contribution in [3.8, 4) is 0 Å². The SMILES string of the molecule is CN1CC(C)(C)NCC1CC(=O)O. The minimum Gasteiger partial charge on any atom is -0.481 e. The second kappa shape index (κ2) is 3.64. The van der Waals surface area contributed by atoms with Gasteiger partial charge in [-0.2, -0.15) is 0 Å². The van der Waals surface area contributed by atoms with Crippen LogP contribution in [0.15, 0.2) is 0 Å². The number of likely N-dealkylation sites (N-methyl/N-ethyl adjacent to an activating group) is 1. The topological polar surface area (TPSA) is 52.6 Å². The van der Waals surface area contributed by atoms with Gasteiger partial charge in [0.1, 0.15) is 0 Å². The molecule has 0 aromatic carbocycles. The summed E-state index contributed by atoms with van der Waals surface area (Å²) in [5, 5.41) is 12.0. The van der Waals surface area contributed by atoms with Gasteiger partial charge in [0.25, 0.3) is 0 Å². The Morgan fingerprint density at radius 1 is 1.69 bits per heavy atom. The van der Waals surface area contributed by atoms with Crippen LogP contribution >= 0.6 is 0 Å². The first kappa shape index (κ1) is 10.5. The molecule has 0 aromatic rings. The molecule has 4 nitrogen and oxygen atoms in total. The molecule has 1 saturated heterocycles. The number of hydrogen-bond acceptors (Lipinski definition) is 3. The standard InChI is InChI=1S/C9H18N2O2/c1-9(2)6-11(3)7(5-10-9)4-8(12)13/h7,10H,4-6H2,1-3H3,(H,12,13). The highest BCUT2D eigenvalue weighted by atomic mass is 16.4. The number of carboxylic acids is 1. The molecule has 1 heterocycles. The van der Waals surface area contributed by atoms with Crippen LogP contribution in [0, 0.1) is 0 Å². The molecule has 1 rings (SSSR count). The Morgan fingerprint density at radius 3 is 2.77 bits per heavy atom. The number of nitrogens with zero attached hydrogens (tertiary/aromatic N) is 1. The summed E-state index contributed by atoms with van der Waals surface area (Å²) in [4.78, 5) is 12.6. The van der Waals surface area contributed by atoms with Gasteiger partial charge in [0.2, 0.25) is 0 Å². The van der Waals surface area contributed by atoms with Crippen LogP contribution in [0.2, 0.25) is 0 Å². The number of hydrogen-bond donors (Lipinski definition) is 2. The molecule has 0 aromatic heterocycles. The van der Waals surface area contributed by atoms with E-state index < -0.39 is 5.97 Å². The first-order valence-electron chi connectivity index (χ1n) is 4.58. The zero-order valence-electron chi connectivity index (χ0n) is 8.50. The smallest absolute Gasteiger partial charge is 0.304 e. The van der Waals surface area contributed by atoms with Crippen LogP contribution < -0.4 is 5.32 Å². The largest absolute Gasteiger partial charge is 0.481 e. The maximum Gasteiger partial charge on any atom is 0.304 e. The molecule has 1 fully saturated rings. The highest BCUT2D eigenvalue weighted by Crippen LogP contribution is 2.14. The molecule has 1 aliphatic rings. The number of nitrogens with one attached hydrogen (secondary N) is 1. The number of piperazine rings is 1. The summed E-state index contributed by atoms with van der Waals surface area (Å²) in [6, 6.07) is 0.130. The van der Waals surface area contributed by atoms with Gasteiger partial charge in [0.15, 0.2) is 0 Å². The highest BCUT2D eigenvalue weighted by Gasteiger charge is 2.30. The van der Waals surface area contributed by atoms with E-state index in [0.717, 1.165) is 13.1 Å². The van der Waals surface area contributed by atoms with Gasteiger partial charge in [-0.25, -0.2) is 0 Å². The fourth-order valence-electron chi connectivity index (χ4n) is 1.79. The monoisotopic (exact) mass is 186 g/mol. The molecule has 1 atom stereocenters. The van der Waals surface area contributed by atoms with Crippen molar-refractivity contribution in [2.24, 2.45) is 0 Å². The molecule has 2 N–H and O–H groups in total. The third-order valence-corrected chi connectivity index (χ3v) is 2.49. The van der Waals surface area contributed by atoms with Crippen molar-refractivity contribution in [1.29, 1.82) is 0 Å². The predicted octanol–water partition coefficient (Wildman–Crippen LogP) is 0.143. The lowest BCUT2D eigenvalue weighted by Crippen LogP contribution is -2.60. The van der Waals surface area contributed by atoms with Crippen molar-refractivity contribution in [3.05, 3.63) is 0 Å². The summed E-state index contributed by atoms with van der Waals surface area (Å²) < 4.78 is 0. The number of aliphatic carboxylic acids is 1. The maximum absolute atomic E-state index is 10.5. The molecule has 0 spiro atoms. The zero-order chi connectivity index (χ0) is 10.1. The third kappa shape index (κ3) is 2.97. The van der Waals surface area contributed by atoms with Gasteiger partial charge < -0.3 is 10.4 Å². The van der Waals surface area contributed by atoms with Gasteiger partial charge in [-0.3, -0.25) is 9.69 Å². The van der Waals surface area contributed by atoms with Gasteiger partial charge in [0, 0.05) is 24.7 Å². The molecule has 0 bridgehead atoms. The van der Waals surface area contributed by atoms with Crippen LogP contribution in [0.4, 0.5) is 0 Å². The Kier molecular flexibility index (Phi) is 2.93. The molecule has 4 heteroatoms. The van der Waals surface area contributed by atoms with Crippen molar-refractivity contribution in [2.45, 2.75) is 31.8 Å². The third-order valence-electron chi connectivity index (χ3n) is 2.49. The van der Waals surface area contributed by atoms with Crippen molar-refractivity contribution < 1.29 is 9.90 Å². The highest BCUT2D eigenvalue weighted by molar-refractivity contribution is 5.67. The number of carbonyl (C=O) groups is 1. The fraction of sp³-hybridized carbons (Fsp3) is 0.889. The van der Waals surface area contributed by atoms with Gasteiger partial charge in [-0.1, -0.05) is 0 Å². The predicted molar refractivity (Wildman–Crippen MR) is 50.8 cm³/mol. The van der Waals surface area contributed by atoms with Crippen LogP contribution in [0.3, 0.4) is 0 Å². The first-order chi connectivity index (χ1) is 5.91. The van der Waals surface area contributed by atoms with E-state index in [1.54, 1.807) is 0 Å². The van der Waals surface area contributed by atoms with Crippen molar-refractivity contribution in [1.82, 2.24) is 10.2 Å². The van der Waals surface area contributed by atoms with Crippen LogP contribution in [0.1, 0.15) is 20.3 Å². The molecule has 13 heavy (non-hydrogen) atoms.